The summed E-state index contributed by atoms with van der Waals surface area (Å²) in [6.45, 7) is 1.33. The Kier molecular flexibility index (Phi) is 6.19. The van der Waals surface area contributed by atoms with Gasteiger partial charge in [0, 0.05) is 0 Å². The summed E-state index contributed by atoms with van der Waals surface area (Å²) in [7, 11) is 0. The van der Waals surface area contributed by atoms with E-state index in [1.165, 1.54) is 31.2 Å². The predicted molar refractivity (Wildman–Crippen MR) is 90.5 cm³/mol. The number of esters is 1. The van der Waals surface area contributed by atoms with Crippen molar-refractivity contribution < 1.29 is 27.5 Å². The Morgan fingerprint density at radius 3 is 2.56 bits per heavy atom. The summed E-state index contributed by atoms with van der Waals surface area (Å²) in [4.78, 5) is 24.0. The van der Waals surface area contributed by atoms with Crippen molar-refractivity contribution in [1.29, 1.82) is 5.26 Å². The monoisotopic (exact) mass is 376 g/mol. The van der Waals surface area contributed by atoms with Crippen LogP contribution in [0.25, 0.3) is 0 Å². The molecule has 0 bridgehead atoms. The van der Waals surface area contributed by atoms with Gasteiger partial charge in [-0.25, -0.2) is 0 Å². The van der Waals surface area contributed by atoms with Crippen LogP contribution in [0.4, 0.5) is 18.9 Å². The summed E-state index contributed by atoms with van der Waals surface area (Å²) in [5.74, 6) is -1.50. The minimum absolute atomic E-state index is 0.122. The lowest BCUT2D eigenvalue weighted by atomic mass is 10.1. The summed E-state index contributed by atoms with van der Waals surface area (Å²) >= 11 is 0. The van der Waals surface area contributed by atoms with Crippen LogP contribution in [-0.2, 0) is 26.9 Å². The average molecular weight is 376 g/mol. The Bertz CT molecular complexity index is 888. The third kappa shape index (κ3) is 5.57. The summed E-state index contributed by atoms with van der Waals surface area (Å²) in [6, 6.07) is 12.5. The Morgan fingerprint density at radius 2 is 1.89 bits per heavy atom. The van der Waals surface area contributed by atoms with E-state index >= 15 is 0 Å². The summed E-state index contributed by atoms with van der Waals surface area (Å²) in [5.41, 5.74) is -0.233. The molecule has 0 aliphatic carbocycles. The van der Waals surface area contributed by atoms with Gasteiger partial charge in [0.15, 0.2) is 6.10 Å². The Hall–Kier alpha value is -3.34. The third-order valence-electron chi connectivity index (χ3n) is 3.59. The zero-order chi connectivity index (χ0) is 20.0. The molecule has 2 rings (SSSR count). The van der Waals surface area contributed by atoms with Crippen LogP contribution >= 0.6 is 0 Å². The molecule has 2 aromatic carbocycles. The topological polar surface area (TPSA) is 79.2 Å². The molecule has 0 saturated heterocycles. The highest BCUT2D eigenvalue weighted by molar-refractivity contribution is 5.96. The molecule has 0 aliphatic rings. The molecule has 5 nitrogen and oxygen atoms in total. The van der Waals surface area contributed by atoms with Gasteiger partial charge in [0.05, 0.1) is 23.2 Å². The second-order valence-corrected chi connectivity index (χ2v) is 5.65. The molecule has 1 atom stereocenters. The van der Waals surface area contributed by atoms with Crippen LogP contribution in [0.1, 0.15) is 23.6 Å². The Balaban J connectivity index is 1.97. The zero-order valence-electron chi connectivity index (χ0n) is 14.2. The number of hydrogen-bond donors (Lipinski definition) is 1. The van der Waals surface area contributed by atoms with E-state index in [0.717, 1.165) is 12.1 Å². The normalized spacial score (nSPS) is 12.0. The van der Waals surface area contributed by atoms with Gasteiger partial charge in [-0.15, -0.1) is 0 Å². The highest BCUT2D eigenvalue weighted by Gasteiger charge is 2.30. The van der Waals surface area contributed by atoms with Crippen molar-refractivity contribution in [3.63, 3.8) is 0 Å². The molecular weight excluding hydrogens is 361 g/mol. The van der Waals surface area contributed by atoms with Crippen LogP contribution in [-0.4, -0.2) is 18.0 Å². The number of amides is 1. The predicted octanol–water partition coefficient (Wildman–Crippen LogP) is 3.69. The number of halogens is 3. The maximum atomic E-state index is 12.7. The molecule has 140 valence electrons. The van der Waals surface area contributed by atoms with Gasteiger partial charge in [-0.05, 0) is 30.7 Å². The third-order valence-corrected chi connectivity index (χ3v) is 3.59. The minimum atomic E-state index is -4.51. The van der Waals surface area contributed by atoms with E-state index in [4.69, 9.17) is 10.00 Å². The number of nitrogens with zero attached hydrogens (tertiary/aromatic N) is 1. The summed E-state index contributed by atoms with van der Waals surface area (Å²) < 4.78 is 43.1. The largest absolute Gasteiger partial charge is 0.452 e. The first-order chi connectivity index (χ1) is 12.7. The number of hydrogen-bond acceptors (Lipinski definition) is 4. The van der Waals surface area contributed by atoms with Crippen LogP contribution in [0.15, 0.2) is 48.5 Å². The Morgan fingerprint density at radius 1 is 1.19 bits per heavy atom. The zero-order valence-corrected chi connectivity index (χ0v) is 14.2. The highest BCUT2D eigenvalue weighted by atomic mass is 19.4. The van der Waals surface area contributed by atoms with E-state index in [1.54, 1.807) is 12.1 Å². The highest BCUT2D eigenvalue weighted by Crippen LogP contribution is 2.29. The van der Waals surface area contributed by atoms with Crippen LogP contribution in [0.3, 0.4) is 0 Å². The molecule has 0 aromatic heterocycles. The van der Waals surface area contributed by atoms with Crippen LogP contribution in [0.2, 0.25) is 0 Å². The van der Waals surface area contributed by atoms with Crippen LogP contribution < -0.4 is 5.32 Å². The van der Waals surface area contributed by atoms with Crippen molar-refractivity contribution in [3.05, 3.63) is 65.2 Å². The fraction of sp³-hybridized carbons (Fsp3) is 0.211. The molecule has 0 radical (unpaired) electrons. The number of nitrogens with one attached hydrogen (secondary N) is 1. The van der Waals surface area contributed by atoms with E-state index in [-0.39, 0.29) is 16.8 Å². The van der Waals surface area contributed by atoms with E-state index in [2.05, 4.69) is 5.32 Å². The molecular formula is C19H15F3N2O3. The van der Waals surface area contributed by atoms with E-state index in [1.807, 2.05) is 6.07 Å². The molecule has 0 heterocycles. The van der Waals surface area contributed by atoms with E-state index in [9.17, 15) is 22.8 Å². The van der Waals surface area contributed by atoms with E-state index < -0.39 is 36.1 Å². The molecule has 1 N–H and O–H groups in total. The minimum Gasteiger partial charge on any atom is -0.452 e. The van der Waals surface area contributed by atoms with Crippen molar-refractivity contribution >= 4 is 17.6 Å². The summed E-state index contributed by atoms with van der Waals surface area (Å²) in [5, 5.41) is 11.5. The van der Waals surface area contributed by atoms with Gasteiger partial charge in [0.2, 0.25) is 0 Å². The van der Waals surface area contributed by atoms with Crippen molar-refractivity contribution in [2.24, 2.45) is 0 Å². The molecule has 0 saturated carbocycles. The standard InChI is InChI=1S/C19H15F3N2O3/c1-12(18(26)24-16-8-3-2-6-14(16)11-23)27-17(25)10-13-5-4-7-15(9-13)19(20,21)22/h2-9,12H,10H2,1H3,(H,24,26)/t12-/m0/s1. The molecule has 0 aliphatic heterocycles. The first kappa shape index (κ1) is 20.0. The van der Waals surface area contributed by atoms with Crippen LogP contribution in [0.5, 0.6) is 0 Å². The number of ether oxygens (including phenoxy) is 1. The number of carbonyl (C=O) groups excluding carboxylic acids is 2. The molecule has 0 fully saturated rings. The lowest BCUT2D eigenvalue weighted by Gasteiger charge is -2.14. The molecule has 2 aromatic rings. The number of rotatable bonds is 5. The lowest BCUT2D eigenvalue weighted by Crippen LogP contribution is -2.30. The average Bonchev–Trinajstić information content (AvgIpc) is 2.61. The van der Waals surface area contributed by atoms with Gasteiger partial charge in [-0.3, -0.25) is 9.59 Å². The lowest BCUT2D eigenvalue weighted by molar-refractivity contribution is -0.152. The fourth-order valence-electron chi connectivity index (χ4n) is 2.24. The summed E-state index contributed by atoms with van der Waals surface area (Å²) in [6.07, 6.45) is -6.10. The van der Waals surface area contributed by atoms with Gasteiger partial charge in [-0.1, -0.05) is 30.3 Å². The van der Waals surface area contributed by atoms with Crippen LogP contribution in [0, 0.1) is 11.3 Å². The maximum Gasteiger partial charge on any atom is 0.416 e. The van der Waals surface area contributed by atoms with E-state index in [0.29, 0.717) is 0 Å². The first-order valence-corrected chi connectivity index (χ1v) is 7.86. The fourth-order valence-corrected chi connectivity index (χ4v) is 2.24. The molecule has 1 amide bonds. The van der Waals surface area contributed by atoms with Crippen molar-refractivity contribution in [1.82, 2.24) is 0 Å². The van der Waals surface area contributed by atoms with Crippen molar-refractivity contribution in [2.45, 2.75) is 25.6 Å². The van der Waals surface area contributed by atoms with Crippen molar-refractivity contribution in [3.8, 4) is 6.07 Å². The molecule has 27 heavy (non-hydrogen) atoms. The number of anilines is 1. The quantitative estimate of drug-likeness (QED) is 0.808. The number of benzene rings is 2. The second kappa shape index (κ2) is 8.36. The maximum absolute atomic E-state index is 12.7. The van der Waals surface area contributed by atoms with Gasteiger partial charge < -0.3 is 10.1 Å². The smallest absolute Gasteiger partial charge is 0.416 e. The van der Waals surface area contributed by atoms with Gasteiger partial charge in [0.25, 0.3) is 5.91 Å². The SMILES string of the molecule is C[C@H](OC(=O)Cc1cccc(C(F)(F)F)c1)C(=O)Nc1ccccc1C#N. The molecule has 0 unspecified atom stereocenters. The van der Waals surface area contributed by atoms with Crippen molar-refractivity contribution in [2.75, 3.05) is 5.32 Å². The Labute approximate surface area is 153 Å². The second-order valence-electron chi connectivity index (χ2n) is 5.65. The van der Waals surface area contributed by atoms with Gasteiger partial charge in [-0.2, -0.15) is 18.4 Å². The number of nitriles is 1. The number of para-hydroxylation sites is 1. The van der Waals surface area contributed by atoms with Gasteiger partial charge in [0.1, 0.15) is 6.07 Å². The number of alkyl halides is 3. The van der Waals surface area contributed by atoms with Gasteiger partial charge >= 0.3 is 12.1 Å². The molecule has 8 heteroatoms. The first-order valence-electron chi connectivity index (χ1n) is 7.86. The number of carbonyl (C=O) groups is 2. The molecule has 0 spiro atoms.